The number of hydrogen-bond acceptors (Lipinski definition) is 2. The number of alkyl halides is 1. The first-order chi connectivity index (χ1) is 16.2. The number of aryl methyl sites for hydroxylation is 1. The van der Waals surface area contributed by atoms with Crippen LogP contribution in [0.5, 0.6) is 5.75 Å². The second-order valence-corrected chi connectivity index (χ2v) is 9.38. The zero-order valence-corrected chi connectivity index (χ0v) is 21.2. The fraction of sp³-hybridized carbons (Fsp3) is 0.633. The standard InChI is InChI=1S/C30H46FNO/c1-3-5-7-9-11-13-24-33-29-21-19-27(20-22-29)30-23-18-26(25-32-30)15-14-17-28(31)16-12-10-8-6-4-2/h18-23,25,28H,3-17,24H2,1-2H3. The lowest BCUT2D eigenvalue weighted by molar-refractivity contribution is 0.282. The van der Waals surface area contributed by atoms with Gasteiger partial charge in [-0.05, 0) is 68.0 Å². The third-order valence-electron chi connectivity index (χ3n) is 6.35. The lowest BCUT2D eigenvalue weighted by Gasteiger charge is -2.09. The minimum Gasteiger partial charge on any atom is -0.494 e. The Morgan fingerprint density at radius 2 is 1.36 bits per heavy atom. The Balaban J connectivity index is 1.64. The molecule has 184 valence electrons. The van der Waals surface area contributed by atoms with Crippen molar-refractivity contribution in [1.29, 1.82) is 0 Å². The van der Waals surface area contributed by atoms with Crippen LogP contribution in [0.1, 0.15) is 109 Å². The van der Waals surface area contributed by atoms with E-state index in [2.05, 4.69) is 43.1 Å². The second kappa shape index (κ2) is 17.6. The van der Waals surface area contributed by atoms with Crippen LogP contribution in [0.15, 0.2) is 42.6 Å². The lowest BCUT2D eigenvalue weighted by Crippen LogP contribution is -2.01. The average Bonchev–Trinajstić information content (AvgIpc) is 2.84. The fourth-order valence-electron chi connectivity index (χ4n) is 4.18. The van der Waals surface area contributed by atoms with E-state index in [0.717, 1.165) is 55.7 Å². The van der Waals surface area contributed by atoms with Gasteiger partial charge in [0.25, 0.3) is 0 Å². The third kappa shape index (κ3) is 12.2. The quantitative estimate of drug-likeness (QED) is 0.197. The van der Waals surface area contributed by atoms with Gasteiger partial charge < -0.3 is 4.74 Å². The molecule has 0 N–H and O–H groups in total. The van der Waals surface area contributed by atoms with Crippen molar-refractivity contribution in [1.82, 2.24) is 4.98 Å². The molecule has 2 nitrogen and oxygen atoms in total. The zero-order chi connectivity index (χ0) is 23.6. The Morgan fingerprint density at radius 3 is 2.03 bits per heavy atom. The van der Waals surface area contributed by atoms with Crippen LogP contribution in [0.3, 0.4) is 0 Å². The topological polar surface area (TPSA) is 22.1 Å². The van der Waals surface area contributed by atoms with Gasteiger partial charge in [0.1, 0.15) is 11.9 Å². The molecule has 0 saturated heterocycles. The number of nitrogens with zero attached hydrogens (tertiary/aromatic N) is 1. The summed E-state index contributed by atoms with van der Waals surface area (Å²) in [4.78, 5) is 4.63. The first kappa shape index (κ1) is 27.3. The number of pyridine rings is 1. The van der Waals surface area contributed by atoms with Crippen LogP contribution in [0.25, 0.3) is 11.3 Å². The van der Waals surface area contributed by atoms with Gasteiger partial charge in [-0.1, -0.05) is 84.1 Å². The fourth-order valence-corrected chi connectivity index (χ4v) is 4.18. The van der Waals surface area contributed by atoms with E-state index in [1.165, 1.54) is 63.4 Å². The molecule has 0 radical (unpaired) electrons. The highest BCUT2D eigenvalue weighted by molar-refractivity contribution is 5.60. The van der Waals surface area contributed by atoms with Crippen molar-refractivity contribution in [2.24, 2.45) is 0 Å². The summed E-state index contributed by atoms with van der Waals surface area (Å²) in [5.74, 6) is 0.926. The van der Waals surface area contributed by atoms with Gasteiger partial charge in [-0.2, -0.15) is 0 Å². The molecule has 0 spiro atoms. The van der Waals surface area contributed by atoms with Crippen LogP contribution in [-0.4, -0.2) is 17.8 Å². The molecular weight excluding hydrogens is 409 g/mol. The SMILES string of the molecule is CCCCCCCCOc1ccc(-c2ccc(CCCC(F)CCCCCCC)cn2)cc1. The number of aromatic nitrogens is 1. The molecule has 1 aromatic heterocycles. The van der Waals surface area contributed by atoms with Gasteiger partial charge in [-0.3, -0.25) is 4.98 Å². The maximum absolute atomic E-state index is 14.1. The monoisotopic (exact) mass is 455 g/mol. The summed E-state index contributed by atoms with van der Waals surface area (Å²) in [6.45, 7) is 5.25. The number of hydrogen-bond donors (Lipinski definition) is 0. The highest BCUT2D eigenvalue weighted by Gasteiger charge is 2.07. The van der Waals surface area contributed by atoms with Crippen molar-refractivity contribution in [3.8, 4) is 17.0 Å². The highest BCUT2D eigenvalue weighted by Crippen LogP contribution is 2.22. The van der Waals surface area contributed by atoms with Crippen LogP contribution in [0, 0.1) is 0 Å². The molecule has 1 heterocycles. The van der Waals surface area contributed by atoms with Crippen LogP contribution in [0.4, 0.5) is 4.39 Å². The molecule has 1 atom stereocenters. The molecule has 0 aliphatic rings. The van der Waals surface area contributed by atoms with Crippen LogP contribution >= 0.6 is 0 Å². The summed E-state index contributed by atoms with van der Waals surface area (Å²) >= 11 is 0. The Labute approximate surface area is 202 Å². The molecule has 2 rings (SSSR count). The van der Waals surface area contributed by atoms with Gasteiger partial charge in [-0.25, -0.2) is 4.39 Å². The molecule has 2 aromatic rings. The smallest absolute Gasteiger partial charge is 0.119 e. The molecule has 0 aliphatic heterocycles. The highest BCUT2D eigenvalue weighted by atomic mass is 19.1. The minimum absolute atomic E-state index is 0.652. The van der Waals surface area contributed by atoms with E-state index in [0.29, 0.717) is 6.42 Å². The van der Waals surface area contributed by atoms with E-state index in [-0.39, 0.29) is 0 Å². The minimum atomic E-state index is -0.652. The maximum Gasteiger partial charge on any atom is 0.119 e. The van der Waals surface area contributed by atoms with Crippen LogP contribution < -0.4 is 4.74 Å². The molecule has 0 saturated carbocycles. The number of benzene rings is 1. The predicted octanol–water partition coefficient (Wildman–Crippen LogP) is 9.51. The lowest BCUT2D eigenvalue weighted by atomic mass is 10.0. The van der Waals surface area contributed by atoms with Gasteiger partial charge in [-0.15, -0.1) is 0 Å². The van der Waals surface area contributed by atoms with E-state index in [1.807, 2.05) is 18.3 Å². The predicted molar refractivity (Wildman–Crippen MR) is 140 cm³/mol. The Kier molecular flexibility index (Phi) is 14.6. The molecule has 1 unspecified atom stereocenters. The van der Waals surface area contributed by atoms with E-state index >= 15 is 0 Å². The summed E-state index contributed by atoms with van der Waals surface area (Å²) in [7, 11) is 0. The van der Waals surface area contributed by atoms with Crippen molar-refractivity contribution in [2.75, 3.05) is 6.61 Å². The molecule has 3 heteroatoms. The maximum atomic E-state index is 14.1. The van der Waals surface area contributed by atoms with Crippen molar-refractivity contribution < 1.29 is 9.13 Å². The summed E-state index contributed by atoms with van der Waals surface area (Å²) in [5.41, 5.74) is 3.25. The Bertz CT molecular complexity index is 713. The molecular formula is C30H46FNO. The van der Waals surface area contributed by atoms with Crippen molar-refractivity contribution in [3.63, 3.8) is 0 Å². The van der Waals surface area contributed by atoms with Crippen molar-refractivity contribution in [3.05, 3.63) is 48.2 Å². The normalized spacial score (nSPS) is 12.1. The number of rotatable bonds is 19. The summed E-state index contributed by atoms with van der Waals surface area (Å²) < 4.78 is 19.9. The first-order valence-electron chi connectivity index (χ1n) is 13.5. The molecule has 0 amide bonds. The summed E-state index contributed by atoms with van der Waals surface area (Å²) in [6, 6.07) is 12.4. The number of ether oxygens (including phenoxy) is 1. The van der Waals surface area contributed by atoms with E-state index in [1.54, 1.807) is 0 Å². The molecule has 0 bridgehead atoms. The van der Waals surface area contributed by atoms with Gasteiger partial charge >= 0.3 is 0 Å². The number of halogens is 1. The summed E-state index contributed by atoms with van der Waals surface area (Å²) in [6.07, 6.45) is 18.1. The second-order valence-electron chi connectivity index (χ2n) is 9.38. The van der Waals surface area contributed by atoms with Gasteiger partial charge in [0.2, 0.25) is 0 Å². The molecule has 0 fully saturated rings. The zero-order valence-electron chi connectivity index (χ0n) is 21.2. The average molecular weight is 456 g/mol. The molecule has 0 aliphatic carbocycles. The number of unbranched alkanes of at least 4 members (excludes halogenated alkanes) is 9. The van der Waals surface area contributed by atoms with E-state index in [4.69, 9.17) is 4.74 Å². The molecule has 33 heavy (non-hydrogen) atoms. The van der Waals surface area contributed by atoms with E-state index in [9.17, 15) is 4.39 Å². The first-order valence-corrected chi connectivity index (χ1v) is 13.5. The Morgan fingerprint density at radius 1 is 0.727 bits per heavy atom. The van der Waals surface area contributed by atoms with Crippen LogP contribution in [-0.2, 0) is 6.42 Å². The third-order valence-corrected chi connectivity index (χ3v) is 6.35. The van der Waals surface area contributed by atoms with E-state index < -0.39 is 6.17 Å². The van der Waals surface area contributed by atoms with Gasteiger partial charge in [0, 0.05) is 11.8 Å². The van der Waals surface area contributed by atoms with Gasteiger partial charge in [0.05, 0.1) is 12.3 Å². The Hall–Kier alpha value is -1.90. The largest absolute Gasteiger partial charge is 0.494 e. The summed E-state index contributed by atoms with van der Waals surface area (Å²) in [5, 5.41) is 0. The van der Waals surface area contributed by atoms with Crippen molar-refractivity contribution in [2.45, 2.75) is 116 Å². The molecule has 1 aromatic carbocycles. The van der Waals surface area contributed by atoms with Crippen molar-refractivity contribution >= 4 is 0 Å². The van der Waals surface area contributed by atoms with Crippen LogP contribution in [0.2, 0.25) is 0 Å². The van der Waals surface area contributed by atoms with Gasteiger partial charge in [0.15, 0.2) is 0 Å².